The molecule has 1 aromatic carbocycles. The Hall–Kier alpha value is -1.62. The third-order valence-corrected chi connectivity index (χ3v) is 3.29. The van der Waals surface area contributed by atoms with Crippen LogP contribution in [0, 0.1) is 12.7 Å². The second-order valence-electron chi connectivity index (χ2n) is 4.72. The van der Waals surface area contributed by atoms with E-state index in [1.54, 1.807) is 19.1 Å². The largest absolute Gasteiger partial charge is 0.381 e. The number of nitrogens with one attached hydrogen (secondary N) is 2. The fourth-order valence-electron chi connectivity index (χ4n) is 2.10. The van der Waals surface area contributed by atoms with Crippen LogP contribution in [0.2, 0.25) is 0 Å². The van der Waals surface area contributed by atoms with Crippen molar-refractivity contribution in [1.82, 2.24) is 5.32 Å². The minimum Gasteiger partial charge on any atom is -0.381 e. The van der Waals surface area contributed by atoms with Crippen LogP contribution in [-0.2, 0) is 9.53 Å². The number of benzene rings is 1. The van der Waals surface area contributed by atoms with E-state index in [9.17, 15) is 9.18 Å². The summed E-state index contributed by atoms with van der Waals surface area (Å²) in [5.41, 5.74) is 1.18. The molecule has 0 spiro atoms. The van der Waals surface area contributed by atoms with Gasteiger partial charge in [0.1, 0.15) is 5.82 Å². The van der Waals surface area contributed by atoms with Gasteiger partial charge in [0, 0.05) is 30.5 Å². The zero-order chi connectivity index (χ0) is 13.7. The van der Waals surface area contributed by atoms with E-state index in [2.05, 4.69) is 10.6 Å². The Morgan fingerprint density at radius 2 is 2.16 bits per heavy atom. The lowest BCUT2D eigenvalue weighted by Crippen LogP contribution is -2.41. The van der Waals surface area contributed by atoms with Crippen molar-refractivity contribution in [2.75, 3.05) is 25.1 Å². The lowest BCUT2D eigenvalue weighted by atomic mass is 10.1. The summed E-state index contributed by atoms with van der Waals surface area (Å²) in [5.74, 6) is -0.342. The molecule has 1 saturated heterocycles. The molecule has 0 saturated carbocycles. The van der Waals surface area contributed by atoms with Crippen LogP contribution in [0.15, 0.2) is 18.2 Å². The number of hydrogen-bond donors (Lipinski definition) is 2. The van der Waals surface area contributed by atoms with Crippen molar-refractivity contribution in [1.29, 1.82) is 0 Å². The third-order valence-electron chi connectivity index (χ3n) is 3.29. The Morgan fingerprint density at radius 1 is 1.42 bits per heavy atom. The van der Waals surface area contributed by atoms with Crippen LogP contribution in [-0.4, -0.2) is 31.7 Å². The molecule has 5 heteroatoms. The topological polar surface area (TPSA) is 50.4 Å². The lowest BCUT2D eigenvalue weighted by Gasteiger charge is -2.23. The van der Waals surface area contributed by atoms with Gasteiger partial charge in [0.15, 0.2) is 0 Å². The summed E-state index contributed by atoms with van der Waals surface area (Å²) < 4.78 is 18.6. The highest BCUT2D eigenvalue weighted by atomic mass is 19.1. The molecule has 0 unspecified atom stereocenters. The van der Waals surface area contributed by atoms with E-state index in [1.165, 1.54) is 6.07 Å². The normalized spacial score (nSPS) is 16.1. The van der Waals surface area contributed by atoms with E-state index >= 15 is 0 Å². The van der Waals surface area contributed by atoms with Crippen molar-refractivity contribution < 1.29 is 13.9 Å². The molecular weight excluding hydrogens is 247 g/mol. The molecule has 0 radical (unpaired) electrons. The van der Waals surface area contributed by atoms with E-state index < -0.39 is 0 Å². The number of ether oxygens (including phenoxy) is 1. The van der Waals surface area contributed by atoms with Crippen LogP contribution in [0.4, 0.5) is 10.1 Å². The monoisotopic (exact) mass is 266 g/mol. The predicted molar refractivity (Wildman–Crippen MR) is 71.6 cm³/mol. The summed E-state index contributed by atoms with van der Waals surface area (Å²) >= 11 is 0. The molecule has 19 heavy (non-hydrogen) atoms. The summed E-state index contributed by atoms with van der Waals surface area (Å²) in [6.07, 6.45) is 1.70. The highest BCUT2D eigenvalue weighted by Crippen LogP contribution is 2.16. The van der Waals surface area contributed by atoms with Crippen LogP contribution in [0.5, 0.6) is 0 Å². The number of carbonyl (C=O) groups is 1. The third kappa shape index (κ3) is 3.92. The van der Waals surface area contributed by atoms with Gasteiger partial charge in [-0.3, -0.25) is 4.79 Å². The van der Waals surface area contributed by atoms with Gasteiger partial charge in [0.25, 0.3) is 0 Å². The van der Waals surface area contributed by atoms with E-state index in [-0.39, 0.29) is 24.3 Å². The lowest BCUT2D eigenvalue weighted by molar-refractivity contribution is -0.120. The van der Waals surface area contributed by atoms with Gasteiger partial charge in [0.05, 0.1) is 6.54 Å². The summed E-state index contributed by atoms with van der Waals surface area (Å²) in [6, 6.07) is 4.99. The van der Waals surface area contributed by atoms with Crippen molar-refractivity contribution in [2.24, 2.45) is 0 Å². The smallest absolute Gasteiger partial charge is 0.239 e. The van der Waals surface area contributed by atoms with Crippen molar-refractivity contribution in [3.8, 4) is 0 Å². The first-order valence-electron chi connectivity index (χ1n) is 6.53. The van der Waals surface area contributed by atoms with Gasteiger partial charge in [0.2, 0.25) is 5.91 Å². The molecule has 1 fully saturated rings. The van der Waals surface area contributed by atoms with Crippen LogP contribution < -0.4 is 10.6 Å². The average Bonchev–Trinajstić information content (AvgIpc) is 2.42. The maximum Gasteiger partial charge on any atom is 0.239 e. The summed E-state index contributed by atoms with van der Waals surface area (Å²) in [7, 11) is 0. The number of halogens is 1. The van der Waals surface area contributed by atoms with Gasteiger partial charge in [-0.25, -0.2) is 4.39 Å². The first-order valence-corrected chi connectivity index (χ1v) is 6.53. The standard InChI is InChI=1S/C14H19FN2O2/c1-10-12(15)3-2-4-13(10)16-9-14(18)17-11-5-7-19-8-6-11/h2-4,11,16H,5-9H2,1H3,(H,17,18). The maximum absolute atomic E-state index is 13.3. The molecule has 0 atom stereocenters. The Labute approximate surface area is 112 Å². The number of rotatable bonds is 4. The zero-order valence-corrected chi connectivity index (χ0v) is 11.0. The fraction of sp³-hybridized carbons (Fsp3) is 0.500. The van der Waals surface area contributed by atoms with Crippen molar-refractivity contribution in [3.05, 3.63) is 29.6 Å². The van der Waals surface area contributed by atoms with Gasteiger partial charge >= 0.3 is 0 Å². The molecule has 4 nitrogen and oxygen atoms in total. The van der Waals surface area contributed by atoms with Gasteiger partial charge in [-0.1, -0.05) is 6.07 Å². The van der Waals surface area contributed by atoms with Crippen molar-refractivity contribution >= 4 is 11.6 Å². The first-order chi connectivity index (χ1) is 9.16. The molecule has 2 N–H and O–H groups in total. The molecule has 0 aromatic heterocycles. The van der Waals surface area contributed by atoms with E-state index in [1.807, 2.05) is 0 Å². The molecule has 0 aliphatic carbocycles. The van der Waals surface area contributed by atoms with E-state index in [0.29, 0.717) is 24.5 Å². The molecule has 1 aromatic rings. The number of anilines is 1. The molecule has 1 aliphatic rings. The van der Waals surface area contributed by atoms with Crippen LogP contribution in [0.3, 0.4) is 0 Å². The minimum absolute atomic E-state index is 0.0736. The molecule has 1 heterocycles. The minimum atomic E-state index is -0.269. The maximum atomic E-state index is 13.3. The van der Waals surface area contributed by atoms with Gasteiger partial charge in [-0.2, -0.15) is 0 Å². The van der Waals surface area contributed by atoms with Crippen LogP contribution in [0.25, 0.3) is 0 Å². The Bertz CT molecular complexity index is 445. The fourth-order valence-corrected chi connectivity index (χ4v) is 2.10. The highest BCUT2D eigenvalue weighted by molar-refractivity contribution is 5.81. The summed E-state index contributed by atoms with van der Waals surface area (Å²) in [6.45, 7) is 3.23. The SMILES string of the molecule is Cc1c(F)cccc1NCC(=O)NC1CCOCC1. The molecule has 104 valence electrons. The van der Waals surface area contributed by atoms with Crippen molar-refractivity contribution in [3.63, 3.8) is 0 Å². The van der Waals surface area contributed by atoms with Crippen LogP contribution >= 0.6 is 0 Å². The van der Waals surface area contributed by atoms with Gasteiger partial charge < -0.3 is 15.4 Å². The molecule has 2 rings (SSSR count). The van der Waals surface area contributed by atoms with Gasteiger partial charge in [-0.05, 0) is 31.9 Å². The number of amides is 1. The quantitative estimate of drug-likeness (QED) is 0.874. The summed E-state index contributed by atoms with van der Waals surface area (Å²) in [4.78, 5) is 11.8. The highest BCUT2D eigenvalue weighted by Gasteiger charge is 2.15. The van der Waals surface area contributed by atoms with E-state index in [4.69, 9.17) is 4.74 Å². The van der Waals surface area contributed by atoms with Gasteiger partial charge in [-0.15, -0.1) is 0 Å². The first kappa shape index (κ1) is 13.8. The van der Waals surface area contributed by atoms with E-state index in [0.717, 1.165) is 12.8 Å². The Kier molecular flexibility index (Phi) is 4.74. The number of hydrogen-bond acceptors (Lipinski definition) is 3. The number of carbonyl (C=O) groups excluding carboxylic acids is 1. The Balaban J connectivity index is 1.81. The Morgan fingerprint density at radius 3 is 2.89 bits per heavy atom. The second-order valence-corrected chi connectivity index (χ2v) is 4.72. The zero-order valence-electron chi connectivity index (χ0n) is 11.0. The molecular formula is C14H19FN2O2. The van der Waals surface area contributed by atoms with Crippen LogP contribution in [0.1, 0.15) is 18.4 Å². The molecule has 1 aliphatic heterocycles. The second kappa shape index (κ2) is 6.52. The molecule has 1 amide bonds. The molecule has 0 bridgehead atoms. The average molecular weight is 266 g/mol. The van der Waals surface area contributed by atoms with Crippen molar-refractivity contribution in [2.45, 2.75) is 25.8 Å². The summed E-state index contributed by atoms with van der Waals surface area (Å²) in [5, 5.41) is 5.91. The predicted octanol–water partition coefficient (Wildman–Crippen LogP) is 1.84.